The van der Waals surface area contributed by atoms with Crippen molar-refractivity contribution in [3.8, 4) is 5.69 Å². The maximum absolute atomic E-state index is 12.3. The normalized spacial score (nSPS) is 15.5. The van der Waals surface area contributed by atoms with Crippen LogP contribution in [0.1, 0.15) is 18.4 Å². The Hall–Kier alpha value is -2.89. The maximum Gasteiger partial charge on any atom is 0.308 e. The zero-order valence-electron chi connectivity index (χ0n) is 14.2. The number of carbonyl (C=O) groups is 2. The molecule has 0 radical (unpaired) electrons. The summed E-state index contributed by atoms with van der Waals surface area (Å²) in [6, 6.07) is 9.80. The summed E-state index contributed by atoms with van der Waals surface area (Å²) >= 11 is 0. The minimum Gasteiger partial charge on any atom is -0.469 e. The highest BCUT2D eigenvalue weighted by molar-refractivity contribution is 5.91. The molecule has 25 heavy (non-hydrogen) atoms. The monoisotopic (exact) mass is 339 g/mol. The first-order chi connectivity index (χ1) is 12.2. The van der Waals surface area contributed by atoms with Gasteiger partial charge in [0.15, 0.2) is 0 Å². The highest BCUT2D eigenvalue weighted by Gasteiger charge is 2.26. The number of amides is 1. The van der Waals surface area contributed by atoms with Crippen LogP contribution in [0.4, 0.5) is 0 Å². The zero-order chi connectivity index (χ0) is 17.6. The van der Waals surface area contributed by atoms with Crippen LogP contribution in [-0.2, 0) is 14.3 Å². The molecule has 1 aliphatic heterocycles. The summed E-state index contributed by atoms with van der Waals surface area (Å²) in [5.74, 6) is -0.325. The number of methoxy groups -OCH3 is 1. The van der Waals surface area contributed by atoms with Gasteiger partial charge in [-0.25, -0.2) is 4.68 Å². The van der Waals surface area contributed by atoms with Crippen LogP contribution in [0.15, 0.2) is 48.8 Å². The van der Waals surface area contributed by atoms with Gasteiger partial charge < -0.3 is 9.64 Å². The molecule has 0 bridgehead atoms. The van der Waals surface area contributed by atoms with E-state index in [2.05, 4.69) is 5.10 Å². The molecular formula is C19H21N3O3. The van der Waals surface area contributed by atoms with Crippen LogP contribution in [0.25, 0.3) is 11.8 Å². The number of para-hydroxylation sites is 1. The Bertz CT molecular complexity index is 759. The molecule has 0 N–H and O–H groups in total. The number of likely N-dealkylation sites (tertiary alicyclic amines) is 1. The summed E-state index contributed by atoms with van der Waals surface area (Å²) in [4.78, 5) is 25.6. The quantitative estimate of drug-likeness (QED) is 0.633. The number of ether oxygens (including phenoxy) is 1. The predicted octanol–water partition coefficient (Wildman–Crippen LogP) is 2.30. The third-order valence-corrected chi connectivity index (χ3v) is 4.38. The smallest absolute Gasteiger partial charge is 0.308 e. The Morgan fingerprint density at radius 3 is 2.60 bits per heavy atom. The Morgan fingerprint density at radius 1 is 1.20 bits per heavy atom. The van der Waals surface area contributed by atoms with Crippen LogP contribution in [0.3, 0.4) is 0 Å². The van der Waals surface area contributed by atoms with Gasteiger partial charge >= 0.3 is 5.97 Å². The molecule has 130 valence electrons. The molecular weight excluding hydrogens is 318 g/mol. The van der Waals surface area contributed by atoms with Crippen LogP contribution in [0.2, 0.25) is 0 Å². The summed E-state index contributed by atoms with van der Waals surface area (Å²) in [5.41, 5.74) is 1.83. The lowest BCUT2D eigenvalue weighted by Crippen LogP contribution is -2.39. The second-order valence-corrected chi connectivity index (χ2v) is 6.01. The molecule has 0 saturated carbocycles. The number of carbonyl (C=O) groups excluding carboxylic acids is 2. The van der Waals surface area contributed by atoms with E-state index in [9.17, 15) is 9.59 Å². The first-order valence-electron chi connectivity index (χ1n) is 8.32. The standard InChI is InChI=1S/C19H21N3O3/c1-25-19(24)16-9-11-21(12-10-16)18(23)8-7-15-13-20-22(14-15)17-5-3-2-4-6-17/h2-8,13-14,16H,9-12H2,1H3/b8-7+. The molecule has 3 rings (SSSR count). The van der Waals surface area contributed by atoms with Crippen molar-refractivity contribution >= 4 is 18.0 Å². The molecule has 6 heteroatoms. The van der Waals surface area contributed by atoms with E-state index in [0.29, 0.717) is 25.9 Å². The van der Waals surface area contributed by atoms with E-state index < -0.39 is 0 Å². The average molecular weight is 339 g/mol. The molecule has 1 fully saturated rings. The van der Waals surface area contributed by atoms with Gasteiger partial charge in [-0.05, 0) is 31.1 Å². The predicted molar refractivity (Wildman–Crippen MR) is 93.9 cm³/mol. The largest absolute Gasteiger partial charge is 0.469 e. The highest BCUT2D eigenvalue weighted by Crippen LogP contribution is 2.19. The van der Waals surface area contributed by atoms with Gasteiger partial charge in [-0.3, -0.25) is 9.59 Å². The van der Waals surface area contributed by atoms with E-state index >= 15 is 0 Å². The van der Waals surface area contributed by atoms with E-state index in [4.69, 9.17) is 4.74 Å². The van der Waals surface area contributed by atoms with Crippen LogP contribution in [0, 0.1) is 5.92 Å². The number of hydrogen-bond acceptors (Lipinski definition) is 4. The first kappa shape index (κ1) is 17.0. The lowest BCUT2D eigenvalue weighted by Gasteiger charge is -2.29. The summed E-state index contributed by atoms with van der Waals surface area (Å²) < 4.78 is 6.53. The fourth-order valence-corrected chi connectivity index (χ4v) is 2.92. The van der Waals surface area contributed by atoms with Crippen molar-refractivity contribution in [1.82, 2.24) is 14.7 Å². The van der Waals surface area contributed by atoms with E-state index in [1.165, 1.54) is 7.11 Å². The second kappa shape index (κ2) is 7.79. The number of hydrogen-bond donors (Lipinski definition) is 0. The van der Waals surface area contributed by atoms with Crippen LogP contribution in [0.5, 0.6) is 0 Å². The summed E-state index contributed by atoms with van der Waals surface area (Å²) in [6.45, 7) is 1.15. The molecule has 6 nitrogen and oxygen atoms in total. The Morgan fingerprint density at radius 2 is 1.92 bits per heavy atom. The molecule has 0 aliphatic carbocycles. The number of aromatic nitrogens is 2. The van der Waals surface area contributed by atoms with Crippen LogP contribution in [-0.4, -0.2) is 46.8 Å². The van der Waals surface area contributed by atoms with Crippen molar-refractivity contribution in [1.29, 1.82) is 0 Å². The van der Waals surface area contributed by atoms with Gasteiger partial charge in [-0.1, -0.05) is 18.2 Å². The van der Waals surface area contributed by atoms with Crippen molar-refractivity contribution < 1.29 is 14.3 Å². The Labute approximate surface area is 146 Å². The second-order valence-electron chi connectivity index (χ2n) is 6.01. The van der Waals surface area contributed by atoms with Crippen LogP contribution >= 0.6 is 0 Å². The van der Waals surface area contributed by atoms with Gasteiger partial charge in [0, 0.05) is 30.9 Å². The van der Waals surface area contributed by atoms with Gasteiger partial charge in [-0.15, -0.1) is 0 Å². The van der Waals surface area contributed by atoms with Gasteiger partial charge in [-0.2, -0.15) is 5.10 Å². The number of esters is 1. The van der Waals surface area contributed by atoms with E-state index in [1.54, 1.807) is 27.9 Å². The number of rotatable bonds is 4. The van der Waals surface area contributed by atoms with Crippen molar-refractivity contribution in [3.05, 3.63) is 54.4 Å². The SMILES string of the molecule is COC(=O)C1CCN(C(=O)/C=C/c2cnn(-c3ccccc3)c2)CC1. The third kappa shape index (κ3) is 4.15. The molecule has 0 atom stereocenters. The summed E-state index contributed by atoms with van der Waals surface area (Å²) in [5, 5.41) is 4.30. The summed E-state index contributed by atoms with van der Waals surface area (Å²) in [7, 11) is 1.40. The lowest BCUT2D eigenvalue weighted by atomic mass is 9.97. The van der Waals surface area contributed by atoms with Crippen LogP contribution < -0.4 is 0 Å². The van der Waals surface area contributed by atoms with Crippen molar-refractivity contribution in [3.63, 3.8) is 0 Å². The fraction of sp³-hybridized carbons (Fsp3) is 0.316. The number of nitrogens with zero attached hydrogens (tertiary/aromatic N) is 3. The summed E-state index contributed by atoms with van der Waals surface area (Å²) in [6.07, 6.45) is 8.23. The average Bonchev–Trinajstić information content (AvgIpc) is 3.15. The molecule has 1 saturated heterocycles. The minimum absolute atomic E-state index is 0.0456. The Balaban J connectivity index is 1.57. The molecule has 1 aliphatic rings. The van der Waals surface area contributed by atoms with Crippen molar-refractivity contribution in [2.45, 2.75) is 12.8 Å². The number of benzene rings is 1. The van der Waals surface area contributed by atoms with Gasteiger partial charge in [0.1, 0.15) is 0 Å². The topological polar surface area (TPSA) is 64.4 Å². The van der Waals surface area contributed by atoms with Gasteiger partial charge in [0.25, 0.3) is 0 Å². The van der Waals surface area contributed by atoms with Gasteiger partial charge in [0.05, 0.1) is 24.9 Å². The molecule has 1 amide bonds. The minimum atomic E-state index is -0.184. The maximum atomic E-state index is 12.3. The fourth-order valence-electron chi connectivity index (χ4n) is 2.92. The van der Waals surface area contributed by atoms with Crippen molar-refractivity contribution in [2.75, 3.05) is 20.2 Å². The first-order valence-corrected chi connectivity index (χ1v) is 8.32. The molecule has 1 aromatic carbocycles. The third-order valence-electron chi connectivity index (χ3n) is 4.38. The molecule has 0 spiro atoms. The zero-order valence-corrected chi connectivity index (χ0v) is 14.2. The molecule has 2 heterocycles. The lowest BCUT2D eigenvalue weighted by molar-refractivity contribution is -0.148. The van der Waals surface area contributed by atoms with Crippen molar-refractivity contribution in [2.24, 2.45) is 5.92 Å². The Kier molecular flexibility index (Phi) is 5.28. The van der Waals surface area contributed by atoms with E-state index in [1.807, 2.05) is 36.5 Å². The van der Waals surface area contributed by atoms with E-state index in [-0.39, 0.29) is 17.8 Å². The molecule has 2 aromatic rings. The molecule has 1 aromatic heterocycles. The van der Waals surface area contributed by atoms with Gasteiger partial charge in [0.2, 0.25) is 5.91 Å². The van der Waals surface area contributed by atoms with E-state index in [0.717, 1.165) is 11.3 Å². The highest BCUT2D eigenvalue weighted by atomic mass is 16.5. The number of piperidine rings is 1. The molecule has 0 unspecified atom stereocenters.